The molecule has 2 aromatic rings. The third-order valence-corrected chi connectivity index (χ3v) is 4.41. The van der Waals surface area contributed by atoms with E-state index in [1.54, 1.807) is 0 Å². The van der Waals surface area contributed by atoms with Crippen LogP contribution in [0.5, 0.6) is 5.75 Å². The summed E-state index contributed by atoms with van der Waals surface area (Å²) >= 11 is 5.69. The van der Waals surface area contributed by atoms with Gasteiger partial charge < -0.3 is 4.74 Å². The van der Waals surface area contributed by atoms with E-state index in [1.807, 2.05) is 0 Å². The first-order chi connectivity index (χ1) is 10.4. The van der Waals surface area contributed by atoms with Gasteiger partial charge >= 0.3 is 0 Å². The summed E-state index contributed by atoms with van der Waals surface area (Å²) in [6, 6.07) is 8.77. The average molecular weight is 348 g/mol. The summed E-state index contributed by atoms with van der Waals surface area (Å²) in [4.78, 5) is 0.0738. The lowest BCUT2D eigenvalue weighted by Gasteiger charge is -2.09. The van der Waals surface area contributed by atoms with Gasteiger partial charge in [0.15, 0.2) is 11.6 Å². The van der Waals surface area contributed by atoms with Crippen LogP contribution in [0.3, 0.4) is 0 Å². The Bertz CT molecular complexity index is 751. The molecule has 4 nitrogen and oxygen atoms in total. The topological polar surface area (TPSA) is 55.4 Å². The Hall–Kier alpha value is -1.70. The number of halogens is 3. The van der Waals surface area contributed by atoms with Gasteiger partial charge in [0.05, 0.1) is 4.90 Å². The third-order valence-electron chi connectivity index (χ3n) is 2.68. The Kier molecular flexibility index (Phi) is 5.33. The maximum atomic E-state index is 13.0. The number of rotatable bonds is 6. The highest BCUT2D eigenvalue weighted by molar-refractivity contribution is 7.89. The molecule has 0 saturated heterocycles. The predicted molar refractivity (Wildman–Crippen MR) is 78.5 cm³/mol. The average Bonchev–Trinajstić information content (AvgIpc) is 2.48. The highest BCUT2D eigenvalue weighted by Gasteiger charge is 2.13. The molecule has 0 heterocycles. The Labute approximate surface area is 131 Å². The van der Waals surface area contributed by atoms with Crippen LogP contribution in [0.25, 0.3) is 0 Å². The van der Waals surface area contributed by atoms with Crippen molar-refractivity contribution in [2.24, 2.45) is 0 Å². The summed E-state index contributed by atoms with van der Waals surface area (Å²) in [6.45, 7) is -0.0537. The van der Waals surface area contributed by atoms with Crippen LogP contribution in [0.4, 0.5) is 8.78 Å². The molecule has 1 N–H and O–H groups in total. The van der Waals surface area contributed by atoms with Gasteiger partial charge in [-0.3, -0.25) is 0 Å². The van der Waals surface area contributed by atoms with Crippen molar-refractivity contribution < 1.29 is 21.9 Å². The maximum Gasteiger partial charge on any atom is 0.240 e. The fourth-order valence-corrected chi connectivity index (χ4v) is 2.75. The van der Waals surface area contributed by atoms with Crippen LogP contribution in [0, 0.1) is 11.6 Å². The van der Waals surface area contributed by atoms with Gasteiger partial charge in [0, 0.05) is 17.6 Å². The number of nitrogens with one attached hydrogen (secondary N) is 1. The minimum Gasteiger partial charge on any atom is -0.492 e. The normalized spacial score (nSPS) is 11.4. The Morgan fingerprint density at radius 3 is 2.36 bits per heavy atom. The van der Waals surface area contributed by atoms with E-state index < -0.39 is 21.7 Å². The van der Waals surface area contributed by atoms with Crippen LogP contribution < -0.4 is 9.46 Å². The summed E-state index contributed by atoms with van der Waals surface area (Å²) in [5, 5.41) is 0.431. The summed E-state index contributed by atoms with van der Waals surface area (Å²) < 4.78 is 57.0. The lowest BCUT2D eigenvalue weighted by molar-refractivity contribution is 0.319. The lowest BCUT2D eigenvalue weighted by atomic mass is 10.3. The molecule has 0 amide bonds. The number of benzene rings is 2. The first kappa shape index (κ1) is 16.7. The van der Waals surface area contributed by atoms with Gasteiger partial charge in [-0.15, -0.1) is 0 Å². The van der Waals surface area contributed by atoms with Crippen molar-refractivity contribution in [2.45, 2.75) is 4.90 Å². The molecule has 0 fully saturated rings. The summed E-state index contributed by atoms with van der Waals surface area (Å²) in [6.07, 6.45) is 0. The van der Waals surface area contributed by atoms with Gasteiger partial charge in [0.2, 0.25) is 10.0 Å². The first-order valence-corrected chi connectivity index (χ1v) is 8.08. The molecule has 0 saturated carbocycles. The fourth-order valence-electron chi connectivity index (χ4n) is 1.61. The lowest BCUT2D eigenvalue weighted by Crippen LogP contribution is -2.28. The molecule has 2 rings (SSSR count). The van der Waals surface area contributed by atoms with Crippen molar-refractivity contribution in [1.29, 1.82) is 0 Å². The monoisotopic (exact) mass is 347 g/mol. The second kappa shape index (κ2) is 7.04. The second-order valence-corrected chi connectivity index (χ2v) is 6.48. The van der Waals surface area contributed by atoms with Crippen molar-refractivity contribution in [1.82, 2.24) is 4.72 Å². The minimum atomic E-state index is -3.67. The largest absolute Gasteiger partial charge is 0.492 e. The van der Waals surface area contributed by atoms with Crippen molar-refractivity contribution in [3.05, 3.63) is 59.1 Å². The molecule has 0 aliphatic rings. The fraction of sp³-hybridized carbons (Fsp3) is 0.143. The van der Waals surface area contributed by atoms with E-state index in [9.17, 15) is 17.2 Å². The number of hydrogen-bond acceptors (Lipinski definition) is 3. The third kappa shape index (κ3) is 4.40. The smallest absolute Gasteiger partial charge is 0.240 e. The minimum absolute atomic E-state index is 0.0239. The molecule has 0 atom stereocenters. The molecule has 0 bridgehead atoms. The number of hydrogen-bond donors (Lipinski definition) is 1. The molecule has 118 valence electrons. The van der Waals surface area contributed by atoms with Gasteiger partial charge in [-0.05, 0) is 36.4 Å². The first-order valence-electron chi connectivity index (χ1n) is 6.21. The molecular formula is C14H12ClF2NO3S. The van der Waals surface area contributed by atoms with E-state index in [4.69, 9.17) is 16.3 Å². The number of ether oxygens (including phenoxy) is 1. The predicted octanol–water partition coefficient (Wildman–Crippen LogP) is 2.98. The van der Waals surface area contributed by atoms with Crippen molar-refractivity contribution >= 4 is 21.6 Å². The van der Waals surface area contributed by atoms with E-state index in [0.29, 0.717) is 5.02 Å². The van der Waals surface area contributed by atoms with Crippen molar-refractivity contribution in [3.8, 4) is 5.75 Å². The van der Waals surface area contributed by atoms with Crippen molar-refractivity contribution in [3.63, 3.8) is 0 Å². The SMILES string of the molecule is O=S(=O)(NCCOc1ccc(F)c(F)c1)c1ccc(Cl)cc1. The van der Waals surface area contributed by atoms with E-state index in [-0.39, 0.29) is 23.8 Å². The summed E-state index contributed by atoms with van der Waals surface area (Å²) in [7, 11) is -3.67. The Morgan fingerprint density at radius 2 is 1.73 bits per heavy atom. The highest BCUT2D eigenvalue weighted by Crippen LogP contribution is 2.16. The second-order valence-electron chi connectivity index (χ2n) is 4.28. The van der Waals surface area contributed by atoms with Gasteiger partial charge in [-0.25, -0.2) is 21.9 Å². The maximum absolute atomic E-state index is 13.0. The molecule has 22 heavy (non-hydrogen) atoms. The number of sulfonamides is 1. The molecule has 2 aromatic carbocycles. The molecule has 0 spiro atoms. The van der Waals surface area contributed by atoms with Crippen molar-refractivity contribution in [2.75, 3.05) is 13.2 Å². The molecular weight excluding hydrogens is 336 g/mol. The quantitative estimate of drug-likeness (QED) is 0.817. The summed E-state index contributed by atoms with van der Waals surface area (Å²) in [5.41, 5.74) is 0. The van der Waals surface area contributed by atoms with Crippen LogP contribution in [-0.2, 0) is 10.0 Å². The molecule has 0 unspecified atom stereocenters. The summed E-state index contributed by atoms with van der Waals surface area (Å²) in [5.74, 6) is -1.89. The molecule has 0 aromatic heterocycles. The van der Waals surface area contributed by atoms with Crippen LogP contribution in [-0.4, -0.2) is 21.6 Å². The van der Waals surface area contributed by atoms with Crippen LogP contribution in [0.1, 0.15) is 0 Å². The van der Waals surface area contributed by atoms with Gasteiger partial charge in [0.1, 0.15) is 12.4 Å². The molecule has 0 aliphatic heterocycles. The molecule has 0 radical (unpaired) electrons. The zero-order valence-corrected chi connectivity index (χ0v) is 12.8. The van der Waals surface area contributed by atoms with E-state index >= 15 is 0 Å². The Morgan fingerprint density at radius 1 is 1.05 bits per heavy atom. The molecule has 8 heteroatoms. The van der Waals surface area contributed by atoms with Gasteiger partial charge in [-0.1, -0.05) is 11.6 Å². The standard InChI is InChI=1S/C14H12ClF2NO3S/c15-10-1-4-12(5-2-10)22(19,20)18-7-8-21-11-3-6-13(16)14(17)9-11/h1-6,9,18H,7-8H2. The zero-order chi connectivity index (χ0) is 16.2. The zero-order valence-electron chi connectivity index (χ0n) is 11.2. The van der Waals surface area contributed by atoms with Crippen LogP contribution >= 0.6 is 11.6 Å². The van der Waals surface area contributed by atoms with Gasteiger partial charge in [-0.2, -0.15) is 0 Å². The van der Waals surface area contributed by atoms with Crippen LogP contribution in [0.15, 0.2) is 47.4 Å². The van der Waals surface area contributed by atoms with E-state index in [2.05, 4.69) is 4.72 Å². The Balaban J connectivity index is 1.87. The molecule has 0 aliphatic carbocycles. The highest BCUT2D eigenvalue weighted by atomic mass is 35.5. The van der Waals surface area contributed by atoms with Crippen LogP contribution in [0.2, 0.25) is 5.02 Å². The van der Waals surface area contributed by atoms with E-state index in [1.165, 1.54) is 30.3 Å². The van der Waals surface area contributed by atoms with Gasteiger partial charge in [0.25, 0.3) is 0 Å². The van der Waals surface area contributed by atoms with E-state index in [0.717, 1.165) is 12.1 Å².